The van der Waals surface area contributed by atoms with Gasteiger partial charge in [-0.25, -0.2) is 0 Å². The zero-order valence-corrected chi connectivity index (χ0v) is 23.1. The molecule has 4 nitrogen and oxygen atoms in total. The van der Waals surface area contributed by atoms with Crippen molar-refractivity contribution in [2.75, 3.05) is 27.2 Å². The molecule has 4 fully saturated rings. The average molecular weight is 475 g/mol. The number of ketones is 1. The number of carbonyl (C=O) groups excluding carboxylic acids is 1. The summed E-state index contributed by atoms with van der Waals surface area (Å²) in [7, 11) is 4.29. The zero-order valence-electron chi connectivity index (χ0n) is 23.1. The van der Waals surface area contributed by atoms with Gasteiger partial charge in [-0.15, -0.1) is 0 Å². The molecule has 0 bridgehead atoms. The molecule has 4 aliphatic carbocycles. The smallest absolute Gasteiger partial charge is 0.132 e. The number of carbonyl (C=O) groups is 1. The van der Waals surface area contributed by atoms with Crippen LogP contribution in [0.1, 0.15) is 98.3 Å². The largest absolute Gasteiger partial charge is 0.393 e. The molecule has 196 valence electrons. The molecule has 4 unspecified atom stereocenters. The molecule has 0 aliphatic heterocycles. The fourth-order valence-electron chi connectivity index (χ4n) is 9.64. The molecule has 4 heteroatoms. The van der Waals surface area contributed by atoms with Crippen molar-refractivity contribution in [3.05, 3.63) is 0 Å². The number of hydrogen-bond acceptors (Lipinski definition) is 4. The highest BCUT2D eigenvalue weighted by Gasteiger charge is 2.62. The standard InChI is InChI=1S/C30H54N2O2/c1-7-23(33)9-8-20(2)24-10-11-25-28-26(13-15-30(24,25)4)29(3)14-12-22(31-16-17-32(5)6)18-21(29)19-27(28)34/h20-22,24-28,31,34H,7-19H2,1-6H3/t20-,21-,22?,24-,25?,26?,27-,28?,29+,30-/m1/s1. The lowest BCUT2D eigenvalue weighted by molar-refractivity contribution is -0.167. The Bertz CT molecular complexity index is 710. The quantitative estimate of drug-likeness (QED) is 0.461. The van der Waals surface area contributed by atoms with Crippen molar-refractivity contribution >= 4 is 5.78 Å². The summed E-state index contributed by atoms with van der Waals surface area (Å²) in [5, 5.41) is 15.4. The number of likely N-dealkylation sites (N-methyl/N-ethyl adjacent to an activating group) is 1. The van der Waals surface area contributed by atoms with Gasteiger partial charge in [0.25, 0.3) is 0 Å². The summed E-state index contributed by atoms with van der Waals surface area (Å²) >= 11 is 0. The molecular formula is C30H54N2O2. The van der Waals surface area contributed by atoms with Gasteiger partial charge in [0.15, 0.2) is 0 Å². The molecule has 0 heterocycles. The molecular weight excluding hydrogens is 420 g/mol. The van der Waals surface area contributed by atoms with Crippen LogP contribution in [-0.2, 0) is 4.79 Å². The summed E-state index contributed by atoms with van der Waals surface area (Å²) in [4.78, 5) is 14.2. The summed E-state index contributed by atoms with van der Waals surface area (Å²) in [5.41, 5.74) is 0.757. The Hall–Kier alpha value is -0.450. The van der Waals surface area contributed by atoms with Crippen LogP contribution in [0.2, 0.25) is 0 Å². The summed E-state index contributed by atoms with van der Waals surface area (Å²) < 4.78 is 0. The van der Waals surface area contributed by atoms with Gasteiger partial charge >= 0.3 is 0 Å². The van der Waals surface area contributed by atoms with Gasteiger partial charge in [0.2, 0.25) is 0 Å². The van der Waals surface area contributed by atoms with E-state index in [1.54, 1.807) is 0 Å². The minimum absolute atomic E-state index is 0.121. The lowest BCUT2D eigenvalue weighted by atomic mass is 9.43. The van der Waals surface area contributed by atoms with Gasteiger partial charge in [0.1, 0.15) is 5.78 Å². The lowest BCUT2D eigenvalue weighted by Crippen LogP contribution is -2.59. The van der Waals surface area contributed by atoms with Crippen molar-refractivity contribution in [1.29, 1.82) is 0 Å². The predicted octanol–water partition coefficient (Wildman–Crippen LogP) is 5.53. The molecule has 0 radical (unpaired) electrons. The Morgan fingerprint density at radius 3 is 2.47 bits per heavy atom. The van der Waals surface area contributed by atoms with Crippen LogP contribution in [0, 0.1) is 46.3 Å². The Labute approximate surface area is 210 Å². The van der Waals surface area contributed by atoms with Gasteiger partial charge in [0.05, 0.1) is 6.10 Å². The van der Waals surface area contributed by atoms with Gasteiger partial charge in [-0.1, -0.05) is 27.7 Å². The predicted molar refractivity (Wildman–Crippen MR) is 141 cm³/mol. The van der Waals surface area contributed by atoms with Crippen LogP contribution in [0.25, 0.3) is 0 Å². The second kappa shape index (κ2) is 10.5. The second-order valence-electron chi connectivity index (χ2n) is 13.7. The molecule has 2 N–H and O–H groups in total. The minimum Gasteiger partial charge on any atom is -0.393 e. The molecule has 4 rings (SSSR count). The van der Waals surface area contributed by atoms with E-state index >= 15 is 0 Å². The zero-order chi connectivity index (χ0) is 24.7. The van der Waals surface area contributed by atoms with Crippen LogP contribution in [0.15, 0.2) is 0 Å². The highest BCUT2D eigenvalue weighted by Crippen LogP contribution is 2.68. The molecule has 0 aromatic carbocycles. The molecule has 0 amide bonds. The molecule has 0 spiro atoms. The molecule has 10 atom stereocenters. The number of nitrogens with zero attached hydrogens (tertiary/aromatic N) is 1. The Kier molecular flexibility index (Phi) is 8.22. The van der Waals surface area contributed by atoms with Crippen LogP contribution in [0.3, 0.4) is 0 Å². The number of nitrogens with one attached hydrogen (secondary N) is 1. The first-order valence-corrected chi connectivity index (χ1v) is 14.7. The van der Waals surface area contributed by atoms with Crippen LogP contribution < -0.4 is 5.32 Å². The van der Waals surface area contributed by atoms with Crippen molar-refractivity contribution in [2.24, 2.45) is 46.3 Å². The maximum Gasteiger partial charge on any atom is 0.132 e. The average Bonchev–Trinajstić information content (AvgIpc) is 3.15. The highest BCUT2D eigenvalue weighted by molar-refractivity contribution is 5.77. The number of fused-ring (bicyclic) bond motifs is 5. The van der Waals surface area contributed by atoms with E-state index in [9.17, 15) is 9.90 Å². The van der Waals surface area contributed by atoms with E-state index in [1.807, 2.05) is 6.92 Å². The van der Waals surface area contributed by atoms with Crippen molar-refractivity contribution in [2.45, 2.75) is 110 Å². The lowest BCUT2D eigenvalue weighted by Gasteiger charge is -2.62. The topological polar surface area (TPSA) is 52.6 Å². The minimum atomic E-state index is -0.121. The second-order valence-corrected chi connectivity index (χ2v) is 13.7. The van der Waals surface area contributed by atoms with Gasteiger partial charge in [0, 0.05) is 32.0 Å². The van der Waals surface area contributed by atoms with Gasteiger partial charge < -0.3 is 15.3 Å². The number of aliphatic hydroxyl groups excluding tert-OH is 1. The number of aliphatic hydroxyl groups is 1. The fraction of sp³-hybridized carbons (Fsp3) is 0.967. The molecule has 0 aromatic rings. The van der Waals surface area contributed by atoms with E-state index in [1.165, 1.54) is 44.9 Å². The van der Waals surface area contributed by atoms with Crippen LogP contribution in [-0.4, -0.2) is 55.1 Å². The first-order chi connectivity index (χ1) is 16.1. The van der Waals surface area contributed by atoms with Crippen molar-refractivity contribution in [3.8, 4) is 0 Å². The van der Waals surface area contributed by atoms with Crippen LogP contribution >= 0.6 is 0 Å². The first-order valence-electron chi connectivity index (χ1n) is 14.7. The van der Waals surface area contributed by atoms with E-state index in [-0.39, 0.29) is 6.10 Å². The molecule has 0 aromatic heterocycles. The van der Waals surface area contributed by atoms with Crippen LogP contribution in [0.5, 0.6) is 0 Å². The number of rotatable bonds is 9. The molecule has 4 saturated carbocycles. The van der Waals surface area contributed by atoms with E-state index in [0.717, 1.165) is 38.3 Å². The van der Waals surface area contributed by atoms with Crippen LogP contribution in [0.4, 0.5) is 0 Å². The first kappa shape index (κ1) is 26.6. The molecule has 0 saturated heterocycles. The highest BCUT2D eigenvalue weighted by atomic mass is 16.3. The van der Waals surface area contributed by atoms with Crippen molar-refractivity contribution in [3.63, 3.8) is 0 Å². The summed E-state index contributed by atoms with van der Waals surface area (Å²) in [5.74, 6) is 4.28. The Balaban J connectivity index is 1.43. The summed E-state index contributed by atoms with van der Waals surface area (Å²) in [6, 6.07) is 0.623. The summed E-state index contributed by atoms with van der Waals surface area (Å²) in [6.45, 7) is 11.7. The van der Waals surface area contributed by atoms with Gasteiger partial charge in [-0.3, -0.25) is 4.79 Å². The van der Waals surface area contributed by atoms with Gasteiger partial charge in [-0.2, -0.15) is 0 Å². The Morgan fingerprint density at radius 1 is 1.06 bits per heavy atom. The normalized spacial score (nSPS) is 44.9. The van der Waals surface area contributed by atoms with Crippen molar-refractivity contribution < 1.29 is 9.90 Å². The molecule has 34 heavy (non-hydrogen) atoms. The Morgan fingerprint density at radius 2 is 1.76 bits per heavy atom. The van der Waals surface area contributed by atoms with Crippen molar-refractivity contribution in [1.82, 2.24) is 10.2 Å². The van der Waals surface area contributed by atoms with E-state index in [0.29, 0.717) is 58.7 Å². The third kappa shape index (κ3) is 4.90. The SMILES string of the molecule is CCC(=O)CC[C@@H](C)[C@H]1CCC2C3C(CC[C@@]21C)[C@@]1(C)CCC(NCCN(C)C)C[C@@H]1C[C@H]3O. The third-order valence-electron chi connectivity index (χ3n) is 11.7. The van der Waals surface area contributed by atoms with E-state index < -0.39 is 0 Å². The third-order valence-corrected chi connectivity index (χ3v) is 11.7. The van der Waals surface area contributed by atoms with Gasteiger partial charge in [-0.05, 0) is 118 Å². The van der Waals surface area contributed by atoms with E-state index in [2.05, 4.69) is 45.1 Å². The van der Waals surface area contributed by atoms with E-state index in [4.69, 9.17) is 0 Å². The fourth-order valence-corrected chi connectivity index (χ4v) is 9.64. The molecule has 4 aliphatic rings. The summed E-state index contributed by atoms with van der Waals surface area (Å²) in [6.07, 6.45) is 12.5. The maximum atomic E-state index is 12.0. The maximum absolute atomic E-state index is 12.0. The number of Topliss-reactive ketones (excluding diaryl/α,β-unsaturated/α-hetero) is 1. The monoisotopic (exact) mass is 474 g/mol. The number of hydrogen-bond donors (Lipinski definition) is 2.